The van der Waals surface area contributed by atoms with Crippen molar-refractivity contribution in [2.45, 2.75) is 63.3 Å². The first-order chi connectivity index (χ1) is 9.00. The van der Waals surface area contributed by atoms with E-state index in [0.717, 1.165) is 13.1 Å². The van der Waals surface area contributed by atoms with Gasteiger partial charge in [0.1, 0.15) is 0 Å². The van der Waals surface area contributed by atoms with E-state index in [1.807, 2.05) is 0 Å². The SMILES string of the molecule is CC(C)S(=O)(=O)CCN1CCCCC1C1CCCN1. The van der Waals surface area contributed by atoms with E-state index in [1.54, 1.807) is 13.8 Å². The molecule has 0 aromatic rings. The average Bonchev–Trinajstić information content (AvgIpc) is 2.90. The number of nitrogens with zero attached hydrogens (tertiary/aromatic N) is 1. The maximum absolute atomic E-state index is 12.0. The molecule has 1 N–H and O–H groups in total. The third kappa shape index (κ3) is 3.92. The zero-order chi connectivity index (χ0) is 13.9. The van der Waals surface area contributed by atoms with Crippen LogP contribution >= 0.6 is 0 Å². The predicted octanol–water partition coefficient (Wildman–Crippen LogP) is 1.42. The van der Waals surface area contributed by atoms with Crippen molar-refractivity contribution in [3.63, 3.8) is 0 Å². The van der Waals surface area contributed by atoms with E-state index in [4.69, 9.17) is 0 Å². The van der Waals surface area contributed by atoms with E-state index in [9.17, 15) is 8.42 Å². The molecule has 0 bridgehead atoms. The molecule has 2 heterocycles. The number of likely N-dealkylation sites (tertiary alicyclic amines) is 1. The lowest BCUT2D eigenvalue weighted by molar-refractivity contribution is 0.127. The molecule has 2 atom stereocenters. The minimum Gasteiger partial charge on any atom is -0.312 e. The van der Waals surface area contributed by atoms with Crippen LogP contribution in [0, 0.1) is 0 Å². The van der Waals surface area contributed by atoms with Crippen LogP contribution in [0.1, 0.15) is 46.0 Å². The number of hydrogen-bond donors (Lipinski definition) is 1. The Morgan fingerprint density at radius 2 is 2.00 bits per heavy atom. The van der Waals surface area contributed by atoms with Crippen LogP contribution < -0.4 is 5.32 Å². The summed E-state index contributed by atoms with van der Waals surface area (Å²) in [4.78, 5) is 2.42. The first-order valence-electron chi connectivity index (χ1n) is 7.70. The molecule has 0 aromatic carbocycles. The molecule has 2 fully saturated rings. The third-order valence-corrected chi connectivity index (χ3v) is 6.80. The highest BCUT2D eigenvalue weighted by atomic mass is 32.2. The van der Waals surface area contributed by atoms with Crippen LogP contribution in [0.15, 0.2) is 0 Å². The second-order valence-electron chi connectivity index (χ2n) is 6.22. The second-order valence-corrected chi connectivity index (χ2v) is 8.89. The van der Waals surface area contributed by atoms with Crippen molar-refractivity contribution in [2.24, 2.45) is 0 Å². The van der Waals surface area contributed by atoms with Crippen molar-refractivity contribution < 1.29 is 8.42 Å². The monoisotopic (exact) mass is 288 g/mol. The van der Waals surface area contributed by atoms with Gasteiger partial charge in [-0.05, 0) is 52.6 Å². The van der Waals surface area contributed by atoms with E-state index in [2.05, 4.69) is 10.2 Å². The van der Waals surface area contributed by atoms with Crippen LogP contribution in [0.3, 0.4) is 0 Å². The molecular formula is C14H28N2O2S. The first-order valence-corrected chi connectivity index (χ1v) is 9.41. The van der Waals surface area contributed by atoms with Crippen LogP contribution in [0.4, 0.5) is 0 Å². The van der Waals surface area contributed by atoms with Gasteiger partial charge in [0.15, 0.2) is 9.84 Å². The minimum atomic E-state index is -2.91. The zero-order valence-electron chi connectivity index (χ0n) is 12.3. The number of piperidine rings is 1. The molecule has 4 nitrogen and oxygen atoms in total. The Labute approximate surface area is 117 Å². The highest BCUT2D eigenvalue weighted by Crippen LogP contribution is 2.24. The topological polar surface area (TPSA) is 49.4 Å². The van der Waals surface area contributed by atoms with Crippen LogP contribution in [-0.2, 0) is 9.84 Å². The summed E-state index contributed by atoms with van der Waals surface area (Å²) in [5.74, 6) is 0.313. The summed E-state index contributed by atoms with van der Waals surface area (Å²) >= 11 is 0. The Hall–Kier alpha value is -0.130. The van der Waals surface area contributed by atoms with Crippen molar-refractivity contribution in [3.05, 3.63) is 0 Å². The molecule has 2 aliphatic rings. The number of sulfone groups is 1. The number of rotatable bonds is 5. The minimum absolute atomic E-state index is 0.250. The number of nitrogens with one attached hydrogen (secondary N) is 1. The molecule has 112 valence electrons. The molecule has 2 unspecified atom stereocenters. The lowest BCUT2D eigenvalue weighted by Crippen LogP contribution is -2.51. The van der Waals surface area contributed by atoms with E-state index >= 15 is 0 Å². The Kier molecular flexibility index (Phi) is 5.26. The fourth-order valence-corrected chi connectivity index (χ4v) is 4.23. The molecule has 0 spiro atoms. The quantitative estimate of drug-likeness (QED) is 0.831. The normalized spacial score (nSPS) is 30.1. The zero-order valence-corrected chi connectivity index (χ0v) is 13.1. The molecule has 2 rings (SSSR count). The van der Waals surface area contributed by atoms with E-state index < -0.39 is 9.84 Å². The molecule has 2 saturated heterocycles. The van der Waals surface area contributed by atoms with Gasteiger partial charge in [-0.1, -0.05) is 6.42 Å². The summed E-state index contributed by atoms with van der Waals surface area (Å²) in [5, 5.41) is 3.34. The Morgan fingerprint density at radius 1 is 1.21 bits per heavy atom. The van der Waals surface area contributed by atoms with Crippen molar-refractivity contribution in [1.82, 2.24) is 10.2 Å². The maximum atomic E-state index is 12.0. The highest BCUT2D eigenvalue weighted by molar-refractivity contribution is 7.92. The summed E-state index contributed by atoms with van der Waals surface area (Å²) < 4.78 is 23.9. The lowest BCUT2D eigenvalue weighted by atomic mass is 9.95. The molecule has 2 aliphatic heterocycles. The maximum Gasteiger partial charge on any atom is 0.153 e. The van der Waals surface area contributed by atoms with Gasteiger partial charge in [0, 0.05) is 18.6 Å². The fourth-order valence-electron chi connectivity index (χ4n) is 3.27. The summed E-state index contributed by atoms with van der Waals surface area (Å²) in [6.07, 6.45) is 6.23. The third-order valence-electron chi connectivity index (χ3n) is 4.61. The van der Waals surface area contributed by atoms with Crippen molar-refractivity contribution in [2.75, 3.05) is 25.4 Å². The molecule has 0 radical (unpaired) electrons. The molecule has 19 heavy (non-hydrogen) atoms. The van der Waals surface area contributed by atoms with Gasteiger partial charge in [-0.2, -0.15) is 0 Å². The average molecular weight is 288 g/mol. The molecule has 0 saturated carbocycles. The van der Waals surface area contributed by atoms with Gasteiger partial charge in [0.2, 0.25) is 0 Å². The molecule has 0 aliphatic carbocycles. The van der Waals surface area contributed by atoms with Crippen molar-refractivity contribution in [3.8, 4) is 0 Å². The van der Waals surface area contributed by atoms with Gasteiger partial charge in [0.25, 0.3) is 0 Å². The van der Waals surface area contributed by atoms with Gasteiger partial charge in [-0.3, -0.25) is 4.90 Å². The Morgan fingerprint density at radius 3 is 2.63 bits per heavy atom. The van der Waals surface area contributed by atoms with Gasteiger partial charge in [-0.15, -0.1) is 0 Å². The summed E-state index contributed by atoms with van der Waals surface area (Å²) in [5.41, 5.74) is 0. The summed E-state index contributed by atoms with van der Waals surface area (Å²) in [6.45, 7) is 6.46. The first kappa shape index (κ1) is 15.3. The summed E-state index contributed by atoms with van der Waals surface area (Å²) in [6, 6.07) is 1.14. The molecule has 5 heteroatoms. The smallest absolute Gasteiger partial charge is 0.153 e. The van der Waals surface area contributed by atoms with Gasteiger partial charge in [-0.25, -0.2) is 8.42 Å². The van der Waals surface area contributed by atoms with Crippen LogP contribution in [-0.4, -0.2) is 56.0 Å². The van der Waals surface area contributed by atoms with E-state index in [0.29, 0.717) is 24.4 Å². The van der Waals surface area contributed by atoms with E-state index in [-0.39, 0.29) is 5.25 Å². The van der Waals surface area contributed by atoms with Gasteiger partial charge < -0.3 is 5.32 Å². The van der Waals surface area contributed by atoms with E-state index in [1.165, 1.54) is 32.1 Å². The molecule has 0 amide bonds. The van der Waals surface area contributed by atoms with Gasteiger partial charge >= 0.3 is 0 Å². The molecule has 0 aromatic heterocycles. The van der Waals surface area contributed by atoms with Crippen molar-refractivity contribution >= 4 is 9.84 Å². The Balaban J connectivity index is 1.92. The predicted molar refractivity (Wildman–Crippen MR) is 79.2 cm³/mol. The Bertz CT molecular complexity index is 375. The largest absolute Gasteiger partial charge is 0.312 e. The van der Waals surface area contributed by atoms with Crippen LogP contribution in [0.5, 0.6) is 0 Å². The standard InChI is InChI=1S/C14H28N2O2S/c1-12(2)19(17,18)11-10-16-9-4-3-7-14(16)13-6-5-8-15-13/h12-15H,3-11H2,1-2H3. The molecular weight excluding hydrogens is 260 g/mol. The van der Waals surface area contributed by atoms with Gasteiger partial charge in [0.05, 0.1) is 11.0 Å². The van der Waals surface area contributed by atoms with Crippen LogP contribution in [0.25, 0.3) is 0 Å². The van der Waals surface area contributed by atoms with Crippen LogP contribution in [0.2, 0.25) is 0 Å². The fraction of sp³-hybridized carbons (Fsp3) is 1.00. The highest BCUT2D eigenvalue weighted by Gasteiger charge is 2.32. The summed E-state index contributed by atoms with van der Waals surface area (Å²) in [7, 11) is -2.91. The van der Waals surface area contributed by atoms with Crippen molar-refractivity contribution in [1.29, 1.82) is 0 Å². The number of hydrogen-bond acceptors (Lipinski definition) is 4. The lowest BCUT2D eigenvalue weighted by Gasteiger charge is -2.39. The second kappa shape index (κ2) is 6.55.